The second kappa shape index (κ2) is 18.9. The van der Waals surface area contributed by atoms with Crippen molar-refractivity contribution >= 4 is 11.8 Å². The molecular weight excluding hydrogens is 410 g/mol. The zero-order valence-electron chi connectivity index (χ0n) is 21.6. The van der Waals surface area contributed by atoms with Crippen molar-refractivity contribution in [2.45, 2.75) is 136 Å². The molecule has 1 rings (SSSR count). The number of unbranched alkanes of at least 4 members (excludes halogenated alkanes) is 15. The van der Waals surface area contributed by atoms with Crippen LogP contribution in [0.4, 0.5) is 0 Å². The maximum atomic E-state index is 11.2. The fourth-order valence-corrected chi connectivity index (χ4v) is 4.64. The maximum Gasteiger partial charge on any atom is 0.209 e. The van der Waals surface area contributed by atoms with Gasteiger partial charge >= 0.3 is 0 Å². The monoisotopic (exact) mass is 461 g/mol. The molecule has 0 bridgehead atoms. The molecule has 5 nitrogen and oxygen atoms in total. The quantitative estimate of drug-likeness (QED) is 0.116. The molecule has 2 unspecified atom stereocenters. The average Bonchev–Trinajstić information content (AvgIpc) is 3.18. The van der Waals surface area contributed by atoms with Crippen molar-refractivity contribution in [3.05, 3.63) is 24.6 Å². The minimum absolute atomic E-state index is 0.109. The zero-order chi connectivity index (χ0) is 24.2. The van der Waals surface area contributed by atoms with Gasteiger partial charge in [0, 0.05) is 13.3 Å². The van der Waals surface area contributed by atoms with Gasteiger partial charge in [0.05, 0.1) is 12.2 Å². The largest absolute Gasteiger partial charge is 0.544 e. The summed E-state index contributed by atoms with van der Waals surface area (Å²) in [5.74, 6) is -0.229. The van der Waals surface area contributed by atoms with Crippen LogP contribution in [-0.4, -0.2) is 29.0 Å². The molecule has 0 amide bonds. The molecule has 190 valence electrons. The summed E-state index contributed by atoms with van der Waals surface area (Å²) >= 11 is 0. The predicted octanol–water partition coefficient (Wildman–Crippen LogP) is 6.34. The molecule has 0 fully saturated rings. The first-order chi connectivity index (χ1) is 16.0. The molecule has 5 heteroatoms. The first kappa shape index (κ1) is 29.6. The van der Waals surface area contributed by atoms with Gasteiger partial charge in [-0.1, -0.05) is 96.1 Å². The third-order valence-corrected chi connectivity index (χ3v) is 6.82. The SMILES string of the molecule is CCCCCC/C=C/CCCCCCCCCCCCCC1=NC=C[N+]1(CC(=O)[O-])C(C)N. The Morgan fingerprint density at radius 3 is 1.88 bits per heavy atom. The van der Waals surface area contributed by atoms with E-state index in [4.69, 9.17) is 5.73 Å². The number of carboxylic acid groups (broad SMARTS) is 1. The standard InChI is InChI=1S/C28H51N3O2/c1-3-4-5-6-7-8-9-10-11-12-13-14-15-16-17-18-19-20-21-22-27-30-23-24-31(27,26(2)29)25-28(32)33/h8-9,23-24,26H,3-7,10-22,25,29H2,1-2H3/b9-8+. The Morgan fingerprint density at radius 1 is 0.909 bits per heavy atom. The Balaban J connectivity index is 1.93. The number of carboxylic acids is 1. The van der Waals surface area contributed by atoms with E-state index in [1.165, 1.54) is 96.3 Å². The lowest BCUT2D eigenvalue weighted by Crippen LogP contribution is -2.60. The number of carbonyl (C=O) groups excluding carboxylic acids is 1. The molecule has 2 N–H and O–H groups in total. The number of quaternary nitrogens is 1. The fraction of sp³-hybridized carbons (Fsp3) is 0.786. The summed E-state index contributed by atoms with van der Waals surface area (Å²) in [7, 11) is 0. The van der Waals surface area contributed by atoms with Crippen molar-refractivity contribution in [3.8, 4) is 0 Å². The van der Waals surface area contributed by atoms with Crippen LogP contribution in [0.25, 0.3) is 0 Å². The van der Waals surface area contributed by atoms with Crippen LogP contribution in [0.15, 0.2) is 29.5 Å². The summed E-state index contributed by atoms with van der Waals surface area (Å²) in [6, 6.07) is 0. The van der Waals surface area contributed by atoms with Crippen molar-refractivity contribution in [3.63, 3.8) is 0 Å². The summed E-state index contributed by atoms with van der Waals surface area (Å²) in [5, 5.41) is 11.2. The minimum atomic E-state index is -1.09. The van der Waals surface area contributed by atoms with Crippen molar-refractivity contribution in [2.75, 3.05) is 6.54 Å². The number of hydrogen-bond donors (Lipinski definition) is 1. The summed E-state index contributed by atoms with van der Waals surface area (Å²) in [6.07, 6.45) is 30.9. The predicted molar refractivity (Wildman–Crippen MR) is 138 cm³/mol. The van der Waals surface area contributed by atoms with E-state index >= 15 is 0 Å². The molecule has 1 aliphatic rings. The molecular formula is C28H51N3O2. The van der Waals surface area contributed by atoms with Crippen molar-refractivity contribution in [1.82, 2.24) is 0 Å². The normalized spacial score (nSPS) is 18.8. The van der Waals surface area contributed by atoms with E-state index < -0.39 is 5.97 Å². The number of allylic oxidation sites excluding steroid dienone is 2. The van der Waals surface area contributed by atoms with Crippen LogP contribution in [-0.2, 0) is 4.79 Å². The molecule has 0 aliphatic carbocycles. The number of aliphatic carboxylic acids is 1. The van der Waals surface area contributed by atoms with Gasteiger partial charge in [0.15, 0.2) is 0 Å². The van der Waals surface area contributed by atoms with Gasteiger partial charge in [-0.3, -0.25) is 5.73 Å². The number of hydrogen-bond acceptors (Lipinski definition) is 4. The van der Waals surface area contributed by atoms with E-state index in [1.54, 1.807) is 12.4 Å². The van der Waals surface area contributed by atoms with Crippen LogP contribution in [0, 0.1) is 0 Å². The maximum absolute atomic E-state index is 11.2. The van der Waals surface area contributed by atoms with Crippen LogP contribution < -0.4 is 10.8 Å². The minimum Gasteiger partial charge on any atom is -0.544 e. The van der Waals surface area contributed by atoms with Gasteiger partial charge in [-0.25, -0.2) is 9.48 Å². The first-order valence-corrected chi connectivity index (χ1v) is 13.8. The molecule has 33 heavy (non-hydrogen) atoms. The van der Waals surface area contributed by atoms with E-state index in [9.17, 15) is 9.90 Å². The third kappa shape index (κ3) is 13.1. The summed E-state index contributed by atoms with van der Waals surface area (Å²) in [4.78, 5) is 15.6. The molecule has 0 spiro atoms. The van der Waals surface area contributed by atoms with Gasteiger partial charge in [0.25, 0.3) is 0 Å². The molecule has 0 saturated heterocycles. The molecule has 0 saturated carbocycles. The number of aliphatic imine (C=N–C) groups is 1. The lowest BCUT2D eigenvalue weighted by atomic mass is 10.0. The highest BCUT2D eigenvalue weighted by Gasteiger charge is 2.38. The number of rotatable bonds is 22. The van der Waals surface area contributed by atoms with E-state index in [2.05, 4.69) is 24.1 Å². The highest BCUT2D eigenvalue weighted by Crippen LogP contribution is 2.23. The Kier molecular flexibility index (Phi) is 16.9. The fourth-order valence-electron chi connectivity index (χ4n) is 4.64. The molecule has 0 radical (unpaired) electrons. The lowest BCUT2D eigenvalue weighted by molar-refractivity contribution is -0.808. The van der Waals surface area contributed by atoms with Crippen LogP contribution in [0.3, 0.4) is 0 Å². The van der Waals surface area contributed by atoms with E-state index in [0.717, 1.165) is 25.1 Å². The number of carbonyl (C=O) groups is 1. The van der Waals surface area contributed by atoms with Crippen LogP contribution in [0.2, 0.25) is 0 Å². The van der Waals surface area contributed by atoms with Gasteiger partial charge < -0.3 is 9.90 Å². The molecule has 0 aromatic heterocycles. The number of amidine groups is 1. The van der Waals surface area contributed by atoms with Gasteiger partial charge in [-0.2, -0.15) is 0 Å². The van der Waals surface area contributed by atoms with E-state index in [1.807, 2.05) is 6.92 Å². The van der Waals surface area contributed by atoms with Crippen LogP contribution >= 0.6 is 0 Å². The van der Waals surface area contributed by atoms with Crippen LogP contribution in [0.1, 0.15) is 129 Å². The highest BCUT2D eigenvalue weighted by molar-refractivity contribution is 5.81. The van der Waals surface area contributed by atoms with Gasteiger partial charge in [0.1, 0.15) is 18.9 Å². The Labute approximate surface area is 203 Å². The van der Waals surface area contributed by atoms with Crippen molar-refractivity contribution in [1.29, 1.82) is 0 Å². The topological polar surface area (TPSA) is 78.5 Å². The second-order valence-corrected chi connectivity index (χ2v) is 9.79. The zero-order valence-corrected chi connectivity index (χ0v) is 21.6. The van der Waals surface area contributed by atoms with E-state index in [-0.39, 0.29) is 17.2 Å². The Hall–Kier alpha value is -1.46. The van der Waals surface area contributed by atoms with Gasteiger partial charge in [0.2, 0.25) is 5.84 Å². The third-order valence-electron chi connectivity index (χ3n) is 6.82. The van der Waals surface area contributed by atoms with Crippen molar-refractivity contribution < 1.29 is 14.4 Å². The van der Waals surface area contributed by atoms with Crippen molar-refractivity contribution in [2.24, 2.45) is 10.7 Å². The second-order valence-electron chi connectivity index (χ2n) is 9.79. The summed E-state index contributed by atoms with van der Waals surface area (Å²) in [6.45, 7) is 3.96. The molecule has 0 aromatic rings. The number of nitrogens with zero attached hydrogens (tertiary/aromatic N) is 2. The van der Waals surface area contributed by atoms with E-state index in [0.29, 0.717) is 0 Å². The summed E-state index contributed by atoms with van der Waals surface area (Å²) < 4.78 is 0.109. The summed E-state index contributed by atoms with van der Waals surface area (Å²) in [5.41, 5.74) is 6.09. The smallest absolute Gasteiger partial charge is 0.209 e. The molecule has 1 heterocycles. The molecule has 0 aromatic carbocycles. The number of nitrogens with two attached hydrogens (primary N) is 1. The van der Waals surface area contributed by atoms with Gasteiger partial charge in [-0.05, 0) is 32.1 Å². The first-order valence-electron chi connectivity index (χ1n) is 13.8. The Morgan fingerprint density at radius 2 is 1.39 bits per heavy atom. The molecule has 2 atom stereocenters. The average molecular weight is 462 g/mol. The molecule has 1 aliphatic heterocycles. The lowest BCUT2D eigenvalue weighted by Gasteiger charge is -2.36. The highest BCUT2D eigenvalue weighted by atomic mass is 16.4. The van der Waals surface area contributed by atoms with Gasteiger partial charge in [-0.15, -0.1) is 0 Å². The van der Waals surface area contributed by atoms with Crippen LogP contribution in [0.5, 0.6) is 0 Å². The Bertz CT molecular complexity index is 598.